The number of H-pyrrole nitrogens is 1. The van der Waals surface area contributed by atoms with E-state index in [2.05, 4.69) is 15.3 Å². The van der Waals surface area contributed by atoms with Gasteiger partial charge < -0.3 is 10.3 Å². The van der Waals surface area contributed by atoms with Gasteiger partial charge in [0.2, 0.25) is 0 Å². The first-order chi connectivity index (χ1) is 10.8. The lowest BCUT2D eigenvalue weighted by Crippen LogP contribution is -2.43. The van der Waals surface area contributed by atoms with Gasteiger partial charge in [-0.1, -0.05) is 18.9 Å². The van der Waals surface area contributed by atoms with Crippen LogP contribution in [0.2, 0.25) is 0 Å². The lowest BCUT2D eigenvalue weighted by Gasteiger charge is -2.28. The first-order valence-electron chi connectivity index (χ1n) is 7.57. The summed E-state index contributed by atoms with van der Waals surface area (Å²) in [4.78, 5) is 20.5. The summed E-state index contributed by atoms with van der Waals surface area (Å²) in [7, 11) is 0. The van der Waals surface area contributed by atoms with Crippen molar-refractivity contribution in [2.24, 2.45) is 0 Å². The van der Waals surface area contributed by atoms with Crippen molar-refractivity contribution in [2.75, 3.05) is 0 Å². The van der Waals surface area contributed by atoms with E-state index in [1.54, 1.807) is 11.3 Å². The first kappa shape index (κ1) is 13.5. The predicted octanol–water partition coefficient (Wildman–Crippen LogP) is 3.82. The molecule has 2 aromatic heterocycles. The molecule has 22 heavy (non-hydrogen) atoms. The van der Waals surface area contributed by atoms with Gasteiger partial charge in [-0.2, -0.15) is 0 Å². The molecule has 1 aliphatic carbocycles. The summed E-state index contributed by atoms with van der Waals surface area (Å²) in [5.41, 5.74) is 1.42. The summed E-state index contributed by atoms with van der Waals surface area (Å²) in [6, 6.07) is 7.74. The lowest BCUT2D eigenvalue weighted by atomic mass is 9.97. The van der Waals surface area contributed by atoms with Crippen LogP contribution in [0.15, 0.2) is 42.0 Å². The highest BCUT2D eigenvalue weighted by atomic mass is 32.1. The zero-order valence-electron chi connectivity index (χ0n) is 12.1. The topological polar surface area (TPSA) is 57.8 Å². The summed E-state index contributed by atoms with van der Waals surface area (Å²) < 4.78 is 0. The van der Waals surface area contributed by atoms with Gasteiger partial charge in [0.15, 0.2) is 0 Å². The minimum atomic E-state index is -0.288. The number of amides is 1. The second kappa shape index (κ2) is 5.25. The highest BCUT2D eigenvalue weighted by molar-refractivity contribution is 7.09. The van der Waals surface area contributed by atoms with Crippen LogP contribution in [-0.2, 0) is 5.54 Å². The van der Waals surface area contributed by atoms with Gasteiger partial charge >= 0.3 is 0 Å². The van der Waals surface area contributed by atoms with Crippen LogP contribution in [-0.4, -0.2) is 15.9 Å². The number of carbonyl (C=O) groups is 1. The molecule has 1 amide bonds. The van der Waals surface area contributed by atoms with Crippen LogP contribution in [0.3, 0.4) is 0 Å². The Balaban J connectivity index is 1.70. The van der Waals surface area contributed by atoms with E-state index < -0.39 is 0 Å². The molecule has 5 heteroatoms. The summed E-state index contributed by atoms with van der Waals surface area (Å²) in [6.45, 7) is 0. The second-order valence-electron chi connectivity index (χ2n) is 5.83. The van der Waals surface area contributed by atoms with Gasteiger partial charge in [-0.05, 0) is 31.0 Å². The Labute approximate surface area is 132 Å². The highest BCUT2D eigenvalue weighted by Gasteiger charge is 2.39. The zero-order chi connectivity index (χ0) is 15.0. The molecule has 1 aromatic carbocycles. The monoisotopic (exact) mass is 311 g/mol. The van der Waals surface area contributed by atoms with E-state index in [1.165, 1.54) is 0 Å². The molecule has 3 aromatic rings. The lowest BCUT2D eigenvalue weighted by molar-refractivity contribution is 0.0900. The molecule has 0 saturated heterocycles. The molecule has 0 unspecified atom stereocenters. The zero-order valence-corrected chi connectivity index (χ0v) is 13.0. The van der Waals surface area contributed by atoms with Crippen LogP contribution in [0.1, 0.15) is 41.0 Å². The van der Waals surface area contributed by atoms with Crippen molar-refractivity contribution in [1.82, 2.24) is 15.3 Å². The Morgan fingerprint density at radius 2 is 2.14 bits per heavy atom. The quantitative estimate of drug-likeness (QED) is 0.772. The van der Waals surface area contributed by atoms with Crippen LogP contribution in [0.5, 0.6) is 0 Å². The summed E-state index contributed by atoms with van der Waals surface area (Å²) in [5.74, 6) is -0.0118. The van der Waals surface area contributed by atoms with E-state index in [9.17, 15) is 4.79 Å². The number of aromatic nitrogens is 2. The van der Waals surface area contributed by atoms with Gasteiger partial charge in [-0.25, -0.2) is 4.98 Å². The average Bonchev–Trinajstić information content (AvgIpc) is 3.27. The van der Waals surface area contributed by atoms with Crippen LogP contribution >= 0.6 is 11.3 Å². The van der Waals surface area contributed by atoms with Crippen LogP contribution in [0, 0.1) is 0 Å². The van der Waals surface area contributed by atoms with Crippen molar-refractivity contribution in [1.29, 1.82) is 0 Å². The standard InChI is InChI=1S/C17H17N3OS/c21-15(13-4-3-5-14-12(13)6-9-18-14)20-17(7-1-2-8-17)16-19-10-11-22-16/h3-6,9-11,18H,1-2,7-8H2,(H,20,21). The Kier molecular flexibility index (Phi) is 3.22. The largest absolute Gasteiger partial charge is 0.361 e. The molecule has 1 saturated carbocycles. The fraction of sp³-hybridized carbons (Fsp3) is 0.294. The first-order valence-corrected chi connectivity index (χ1v) is 8.45. The highest BCUT2D eigenvalue weighted by Crippen LogP contribution is 2.40. The molecular weight excluding hydrogens is 294 g/mol. The molecule has 1 fully saturated rings. The molecule has 0 aliphatic heterocycles. The van der Waals surface area contributed by atoms with Crippen LogP contribution < -0.4 is 5.32 Å². The van der Waals surface area contributed by atoms with Crippen molar-refractivity contribution in [3.05, 3.63) is 52.6 Å². The average molecular weight is 311 g/mol. The van der Waals surface area contributed by atoms with Crippen LogP contribution in [0.25, 0.3) is 10.9 Å². The fourth-order valence-electron chi connectivity index (χ4n) is 3.40. The molecule has 2 heterocycles. The molecule has 0 bridgehead atoms. The third-order valence-corrected chi connectivity index (χ3v) is 5.47. The van der Waals surface area contributed by atoms with Crippen molar-refractivity contribution in [3.8, 4) is 0 Å². The summed E-state index contributed by atoms with van der Waals surface area (Å²) in [6.07, 6.45) is 7.89. The predicted molar refractivity (Wildman–Crippen MR) is 88.0 cm³/mol. The van der Waals surface area contributed by atoms with Gasteiger partial charge in [-0.3, -0.25) is 4.79 Å². The van der Waals surface area contributed by atoms with E-state index in [4.69, 9.17) is 0 Å². The number of nitrogens with zero attached hydrogens (tertiary/aromatic N) is 1. The van der Waals surface area contributed by atoms with E-state index in [0.717, 1.165) is 47.2 Å². The smallest absolute Gasteiger partial charge is 0.252 e. The maximum Gasteiger partial charge on any atom is 0.252 e. The Bertz CT molecular complexity index is 800. The van der Waals surface area contributed by atoms with Gasteiger partial charge in [0.05, 0.1) is 5.54 Å². The number of hydrogen-bond acceptors (Lipinski definition) is 3. The summed E-state index contributed by atoms with van der Waals surface area (Å²) in [5, 5.41) is 7.26. The number of rotatable bonds is 3. The van der Waals surface area contributed by atoms with Gasteiger partial charge in [-0.15, -0.1) is 11.3 Å². The van der Waals surface area contributed by atoms with E-state index in [0.29, 0.717) is 0 Å². The number of thiazole rings is 1. The number of hydrogen-bond donors (Lipinski definition) is 2. The number of carbonyl (C=O) groups excluding carboxylic acids is 1. The van der Waals surface area contributed by atoms with Gasteiger partial charge in [0.1, 0.15) is 5.01 Å². The van der Waals surface area contributed by atoms with E-state index in [1.807, 2.05) is 42.0 Å². The minimum Gasteiger partial charge on any atom is -0.361 e. The molecule has 1 aliphatic rings. The van der Waals surface area contributed by atoms with Crippen molar-refractivity contribution >= 4 is 28.1 Å². The molecule has 2 N–H and O–H groups in total. The number of nitrogens with one attached hydrogen (secondary N) is 2. The Hall–Kier alpha value is -2.14. The second-order valence-corrected chi connectivity index (χ2v) is 6.72. The van der Waals surface area contributed by atoms with E-state index >= 15 is 0 Å². The fourth-order valence-corrected chi connectivity index (χ4v) is 4.25. The van der Waals surface area contributed by atoms with Gasteiger partial charge in [0, 0.05) is 34.2 Å². The third-order valence-electron chi connectivity index (χ3n) is 4.49. The van der Waals surface area contributed by atoms with Crippen molar-refractivity contribution in [3.63, 3.8) is 0 Å². The van der Waals surface area contributed by atoms with Crippen LogP contribution in [0.4, 0.5) is 0 Å². The van der Waals surface area contributed by atoms with Crippen molar-refractivity contribution in [2.45, 2.75) is 31.2 Å². The third kappa shape index (κ3) is 2.13. The molecule has 112 valence electrons. The Morgan fingerprint density at radius 3 is 2.91 bits per heavy atom. The number of benzene rings is 1. The maximum absolute atomic E-state index is 12.9. The molecule has 0 radical (unpaired) electrons. The molecular formula is C17H17N3OS. The molecule has 0 spiro atoms. The number of aromatic amines is 1. The SMILES string of the molecule is O=C(NC1(c2nccs2)CCCC1)c1cccc2[nH]ccc12. The van der Waals surface area contributed by atoms with E-state index in [-0.39, 0.29) is 11.4 Å². The number of fused-ring (bicyclic) bond motifs is 1. The molecule has 0 atom stereocenters. The summed E-state index contributed by atoms with van der Waals surface area (Å²) >= 11 is 1.63. The molecule has 4 rings (SSSR count). The Morgan fingerprint density at radius 1 is 1.27 bits per heavy atom. The molecule has 4 nitrogen and oxygen atoms in total. The maximum atomic E-state index is 12.9. The minimum absolute atomic E-state index is 0.0118. The van der Waals surface area contributed by atoms with Crippen molar-refractivity contribution < 1.29 is 4.79 Å². The normalized spacial score (nSPS) is 16.9. The van der Waals surface area contributed by atoms with Gasteiger partial charge in [0.25, 0.3) is 5.91 Å².